The summed E-state index contributed by atoms with van der Waals surface area (Å²) in [5.41, 5.74) is 0.457. The average Bonchev–Trinajstić information content (AvgIpc) is 2.28. The summed E-state index contributed by atoms with van der Waals surface area (Å²) in [7, 11) is 0. The summed E-state index contributed by atoms with van der Waals surface area (Å²) >= 11 is 0. The van der Waals surface area contributed by atoms with E-state index in [4.69, 9.17) is 5.11 Å². The number of carboxylic acid groups (broad SMARTS) is 1. The Morgan fingerprint density at radius 3 is 2.71 bits per heavy atom. The van der Waals surface area contributed by atoms with Crippen molar-refractivity contribution >= 4 is 5.97 Å². The molecule has 1 heterocycles. The van der Waals surface area contributed by atoms with Crippen molar-refractivity contribution in [3.05, 3.63) is 0 Å². The maximum Gasteiger partial charge on any atom is 0.307 e. The highest BCUT2D eigenvalue weighted by Gasteiger charge is 2.36. The molecule has 3 unspecified atom stereocenters. The number of carboxylic acids is 1. The number of piperidine rings is 1. The molecule has 2 N–H and O–H groups in total. The van der Waals surface area contributed by atoms with Gasteiger partial charge in [-0.1, -0.05) is 26.7 Å². The summed E-state index contributed by atoms with van der Waals surface area (Å²) < 4.78 is 0. The lowest BCUT2D eigenvalue weighted by Gasteiger charge is -2.41. The maximum atomic E-state index is 11.1. The van der Waals surface area contributed by atoms with E-state index in [0.29, 0.717) is 17.9 Å². The van der Waals surface area contributed by atoms with E-state index in [1.807, 2.05) is 0 Å². The first-order valence-electron chi connectivity index (χ1n) is 6.91. The Bertz CT molecular complexity index is 288. The Labute approximate surface area is 104 Å². The summed E-state index contributed by atoms with van der Waals surface area (Å²) in [4.78, 5) is 11.1. The Hall–Kier alpha value is -0.570. The molecule has 2 rings (SSSR count). The van der Waals surface area contributed by atoms with Crippen molar-refractivity contribution < 1.29 is 9.90 Å². The van der Waals surface area contributed by atoms with E-state index in [9.17, 15) is 4.79 Å². The summed E-state index contributed by atoms with van der Waals surface area (Å²) in [6.07, 6.45) is 6.08. The van der Waals surface area contributed by atoms with Gasteiger partial charge < -0.3 is 10.4 Å². The normalized spacial score (nSPS) is 37.6. The second-order valence-corrected chi connectivity index (χ2v) is 6.71. The van der Waals surface area contributed by atoms with Gasteiger partial charge in [0.2, 0.25) is 0 Å². The summed E-state index contributed by atoms with van der Waals surface area (Å²) in [5, 5.41) is 12.4. The molecular formula is C14H25NO2. The van der Waals surface area contributed by atoms with Crippen LogP contribution in [0.4, 0.5) is 0 Å². The first-order chi connectivity index (χ1) is 7.98. The van der Waals surface area contributed by atoms with E-state index in [1.165, 1.54) is 25.7 Å². The Morgan fingerprint density at radius 2 is 2.06 bits per heavy atom. The van der Waals surface area contributed by atoms with Crippen molar-refractivity contribution in [2.45, 2.75) is 46.0 Å². The Balaban J connectivity index is 1.95. The highest BCUT2D eigenvalue weighted by Crippen LogP contribution is 2.43. The fraction of sp³-hybridized carbons (Fsp3) is 0.929. The molecule has 1 saturated carbocycles. The van der Waals surface area contributed by atoms with Crippen LogP contribution >= 0.6 is 0 Å². The van der Waals surface area contributed by atoms with Crippen molar-refractivity contribution in [3.63, 3.8) is 0 Å². The lowest BCUT2D eigenvalue weighted by Crippen LogP contribution is -2.43. The number of rotatable bonds is 2. The first kappa shape index (κ1) is 12.9. The van der Waals surface area contributed by atoms with Crippen LogP contribution in [0, 0.1) is 23.2 Å². The van der Waals surface area contributed by atoms with E-state index >= 15 is 0 Å². The van der Waals surface area contributed by atoms with Crippen LogP contribution in [0.1, 0.15) is 46.0 Å². The number of hydrogen-bond donors (Lipinski definition) is 2. The standard InChI is InChI=1S/C14H25NO2/c1-14(2)5-3-4-10(7-14)11-6-12(13(16)17)9-15-8-11/h10-12,15H,3-9H2,1-2H3,(H,16,17). The Kier molecular flexibility index (Phi) is 3.76. The zero-order valence-corrected chi connectivity index (χ0v) is 11.0. The highest BCUT2D eigenvalue weighted by atomic mass is 16.4. The van der Waals surface area contributed by atoms with Gasteiger partial charge in [-0.3, -0.25) is 4.79 Å². The molecule has 98 valence electrons. The third-order valence-corrected chi connectivity index (χ3v) is 4.64. The molecule has 1 aliphatic heterocycles. The van der Waals surface area contributed by atoms with Crippen LogP contribution in [-0.2, 0) is 4.79 Å². The molecule has 0 aromatic rings. The first-order valence-corrected chi connectivity index (χ1v) is 6.91. The minimum absolute atomic E-state index is 0.168. The third-order valence-electron chi connectivity index (χ3n) is 4.64. The van der Waals surface area contributed by atoms with Crippen LogP contribution in [0.2, 0.25) is 0 Å². The molecule has 1 aliphatic carbocycles. The van der Waals surface area contributed by atoms with Crippen molar-refractivity contribution in [1.82, 2.24) is 5.32 Å². The van der Waals surface area contributed by atoms with E-state index < -0.39 is 5.97 Å². The molecule has 0 amide bonds. The molecule has 17 heavy (non-hydrogen) atoms. The van der Waals surface area contributed by atoms with Gasteiger partial charge in [0.15, 0.2) is 0 Å². The van der Waals surface area contributed by atoms with Crippen LogP contribution in [-0.4, -0.2) is 24.2 Å². The van der Waals surface area contributed by atoms with Crippen LogP contribution in [0.5, 0.6) is 0 Å². The predicted molar refractivity (Wildman–Crippen MR) is 67.8 cm³/mol. The van der Waals surface area contributed by atoms with Gasteiger partial charge in [-0.2, -0.15) is 0 Å². The molecule has 3 nitrogen and oxygen atoms in total. The fourth-order valence-corrected chi connectivity index (χ4v) is 3.68. The van der Waals surface area contributed by atoms with Crippen molar-refractivity contribution in [2.75, 3.05) is 13.1 Å². The molecule has 0 aromatic carbocycles. The van der Waals surface area contributed by atoms with E-state index in [0.717, 1.165) is 18.9 Å². The third kappa shape index (κ3) is 3.21. The molecule has 0 bridgehead atoms. The zero-order chi connectivity index (χ0) is 12.5. The molecule has 1 saturated heterocycles. The lowest BCUT2D eigenvalue weighted by atomic mass is 9.66. The van der Waals surface area contributed by atoms with Gasteiger partial charge in [0.1, 0.15) is 0 Å². The van der Waals surface area contributed by atoms with Gasteiger partial charge in [-0.25, -0.2) is 0 Å². The predicted octanol–water partition coefficient (Wildman–Crippen LogP) is 2.51. The minimum Gasteiger partial charge on any atom is -0.481 e. The van der Waals surface area contributed by atoms with Crippen LogP contribution in [0.15, 0.2) is 0 Å². The van der Waals surface area contributed by atoms with Crippen molar-refractivity contribution in [2.24, 2.45) is 23.2 Å². The van der Waals surface area contributed by atoms with Gasteiger partial charge in [-0.05, 0) is 43.1 Å². The highest BCUT2D eigenvalue weighted by molar-refractivity contribution is 5.70. The van der Waals surface area contributed by atoms with Gasteiger partial charge in [0, 0.05) is 6.54 Å². The van der Waals surface area contributed by atoms with Gasteiger partial charge in [0.05, 0.1) is 5.92 Å². The van der Waals surface area contributed by atoms with Gasteiger partial charge >= 0.3 is 5.97 Å². The number of nitrogens with one attached hydrogen (secondary N) is 1. The van der Waals surface area contributed by atoms with Crippen molar-refractivity contribution in [3.8, 4) is 0 Å². The molecule has 0 spiro atoms. The van der Waals surface area contributed by atoms with Crippen LogP contribution in [0.25, 0.3) is 0 Å². The Morgan fingerprint density at radius 1 is 1.29 bits per heavy atom. The maximum absolute atomic E-state index is 11.1. The quantitative estimate of drug-likeness (QED) is 0.778. The second kappa shape index (κ2) is 4.97. The molecule has 3 atom stereocenters. The molecule has 0 radical (unpaired) electrons. The second-order valence-electron chi connectivity index (χ2n) is 6.71. The molecule has 3 heteroatoms. The topological polar surface area (TPSA) is 49.3 Å². The van der Waals surface area contributed by atoms with Crippen LogP contribution < -0.4 is 5.32 Å². The van der Waals surface area contributed by atoms with E-state index in [2.05, 4.69) is 19.2 Å². The molecular weight excluding hydrogens is 214 g/mol. The number of aliphatic carboxylic acids is 1. The van der Waals surface area contributed by atoms with Gasteiger partial charge in [-0.15, -0.1) is 0 Å². The SMILES string of the molecule is CC1(C)CCCC(C2CNCC(C(=O)O)C2)C1. The smallest absolute Gasteiger partial charge is 0.307 e. The minimum atomic E-state index is -0.628. The van der Waals surface area contributed by atoms with Gasteiger partial charge in [0.25, 0.3) is 0 Å². The summed E-state index contributed by atoms with van der Waals surface area (Å²) in [6.45, 7) is 6.38. The molecule has 2 fully saturated rings. The lowest BCUT2D eigenvalue weighted by molar-refractivity contribution is -0.143. The molecule has 2 aliphatic rings. The largest absolute Gasteiger partial charge is 0.481 e. The monoisotopic (exact) mass is 239 g/mol. The van der Waals surface area contributed by atoms with E-state index in [1.54, 1.807) is 0 Å². The number of hydrogen-bond acceptors (Lipinski definition) is 2. The average molecular weight is 239 g/mol. The van der Waals surface area contributed by atoms with Crippen LogP contribution in [0.3, 0.4) is 0 Å². The van der Waals surface area contributed by atoms with Crippen molar-refractivity contribution in [1.29, 1.82) is 0 Å². The number of carbonyl (C=O) groups is 1. The van der Waals surface area contributed by atoms with E-state index in [-0.39, 0.29) is 5.92 Å². The summed E-state index contributed by atoms with van der Waals surface area (Å²) in [6, 6.07) is 0. The molecule has 0 aromatic heterocycles. The summed E-state index contributed by atoms with van der Waals surface area (Å²) in [5.74, 6) is 0.508. The zero-order valence-electron chi connectivity index (χ0n) is 11.0. The fourth-order valence-electron chi connectivity index (χ4n) is 3.68.